The summed E-state index contributed by atoms with van der Waals surface area (Å²) in [5.41, 5.74) is -0.647. The summed E-state index contributed by atoms with van der Waals surface area (Å²) in [4.78, 5) is 26.4. The van der Waals surface area contributed by atoms with Crippen LogP contribution in [0, 0.1) is 17.3 Å². The van der Waals surface area contributed by atoms with Crippen LogP contribution in [0.5, 0.6) is 0 Å². The quantitative estimate of drug-likeness (QED) is 0.360. The van der Waals surface area contributed by atoms with Crippen LogP contribution < -0.4 is 5.32 Å². The lowest BCUT2D eigenvalue weighted by molar-refractivity contribution is -0.199. The maximum absolute atomic E-state index is 13.0. The largest absolute Gasteiger partial charge is 0.481 e. The summed E-state index contributed by atoms with van der Waals surface area (Å²) < 4.78 is 24.3. The summed E-state index contributed by atoms with van der Waals surface area (Å²) in [7, 11) is 1.08. The molecule has 6 unspecified atom stereocenters. The molecule has 1 aliphatic heterocycles. The summed E-state index contributed by atoms with van der Waals surface area (Å²) in [5, 5.41) is 5.17. The van der Waals surface area contributed by atoms with Gasteiger partial charge in [0, 0.05) is 12.0 Å². The average molecular weight is 520 g/mol. The molecule has 1 N–H and O–H groups in total. The second kappa shape index (κ2) is 10.4. The van der Waals surface area contributed by atoms with Crippen molar-refractivity contribution in [1.29, 1.82) is 0 Å². The molecule has 6 atom stereocenters. The maximum atomic E-state index is 13.0. The molecule has 9 heteroatoms. The Bertz CT molecular complexity index is 931. The van der Waals surface area contributed by atoms with E-state index in [0.717, 1.165) is 11.3 Å². The van der Waals surface area contributed by atoms with Crippen molar-refractivity contribution in [2.45, 2.75) is 109 Å². The number of esters is 1. The van der Waals surface area contributed by atoms with Gasteiger partial charge in [0.2, 0.25) is 5.91 Å². The Hall–Kier alpha value is -1.42. The lowest BCUT2D eigenvalue weighted by Gasteiger charge is -2.64. The first-order valence-corrected chi connectivity index (χ1v) is 14.1. The molecule has 4 aliphatic rings. The third kappa shape index (κ3) is 5.84. The molecule has 5 rings (SSSR count). The van der Waals surface area contributed by atoms with E-state index in [4.69, 9.17) is 18.8 Å². The van der Waals surface area contributed by atoms with Gasteiger partial charge in [-0.1, -0.05) is 19.9 Å². The third-order valence-electron chi connectivity index (χ3n) is 8.51. The summed E-state index contributed by atoms with van der Waals surface area (Å²) in [6.07, 6.45) is 3.51. The van der Waals surface area contributed by atoms with E-state index < -0.39 is 12.7 Å². The van der Waals surface area contributed by atoms with Crippen LogP contribution in [0.1, 0.15) is 78.5 Å². The van der Waals surface area contributed by atoms with Crippen molar-refractivity contribution in [3.05, 3.63) is 22.4 Å². The molecule has 0 radical (unpaired) electrons. The van der Waals surface area contributed by atoms with Gasteiger partial charge in [-0.3, -0.25) is 9.59 Å². The monoisotopic (exact) mass is 519 g/mol. The van der Waals surface area contributed by atoms with Gasteiger partial charge in [0.05, 0.1) is 36.6 Å². The normalized spacial score (nSPS) is 30.2. The van der Waals surface area contributed by atoms with E-state index in [9.17, 15) is 9.59 Å². The molecule has 1 amide bonds. The number of carbonyl (C=O) groups is 2. The number of amides is 1. The smallest absolute Gasteiger partial charge is 0.460 e. The van der Waals surface area contributed by atoms with Crippen LogP contribution in [0.2, 0.25) is 0 Å². The molecule has 1 aromatic rings. The molecule has 7 nitrogen and oxygen atoms in total. The first kappa shape index (κ1) is 27.6. The topological polar surface area (TPSA) is 83.1 Å². The second-order valence-corrected chi connectivity index (χ2v) is 13.5. The van der Waals surface area contributed by atoms with Gasteiger partial charge in [-0.15, -0.1) is 11.3 Å². The predicted molar refractivity (Wildman–Crippen MR) is 141 cm³/mol. The standard InChI is InChI=1S/C27H42BNO6S/c1-25(2,3)33-24(31)15-18(32-7)10-11-22(29-23(30)16-19-9-8-12-36-19)28-34-21-14-17-13-20(26(17,4)5)27(21,6)35-28/h8-9,12,17-18,20-22H,10-11,13-16H2,1-7H3,(H,29,30). The van der Waals surface area contributed by atoms with Crippen LogP contribution in [-0.4, -0.2) is 55.5 Å². The van der Waals surface area contributed by atoms with E-state index in [1.807, 2.05) is 38.3 Å². The number of hydrogen-bond donors (Lipinski definition) is 1. The van der Waals surface area contributed by atoms with Gasteiger partial charge >= 0.3 is 13.1 Å². The Morgan fingerprint density at radius 1 is 1.25 bits per heavy atom. The number of hydrogen-bond acceptors (Lipinski definition) is 7. The van der Waals surface area contributed by atoms with E-state index in [1.54, 1.807) is 18.4 Å². The molecule has 4 fully saturated rings. The zero-order valence-electron chi connectivity index (χ0n) is 22.8. The molecular formula is C27H42BNO6S. The van der Waals surface area contributed by atoms with E-state index in [2.05, 4.69) is 26.1 Å². The Morgan fingerprint density at radius 3 is 2.61 bits per heavy atom. The van der Waals surface area contributed by atoms with Crippen molar-refractivity contribution < 1.29 is 28.4 Å². The number of methoxy groups -OCH3 is 1. The van der Waals surface area contributed by atoms with E-state index in [1.165, 1.54) is 6.42 Å². The summed E-state index contributed by atoms with van der Waals surface area (Å²) in [6.45, 7) is 12.4. The van der Waals surface area contributed by atoms with Crippen LogP contribution in [-0.2, 0) is 34.8 Å². The fourth-order valence-corrected chi connectivity index (χ4v) is 7.12. The van der Waals surface area contributed by atoms with Gasteiger partial charge in [-0.05, 0) is 82.1 Å². The van der Waals surface area contributed by atoms with Gasteiger partial charge in [0.15, 0.2) is 0 Å². The molecular weight excluding hydrogens is 477 g/mol. The van der Waals surface area contributed by atoms with Crippen LogP contribution >= 0.6 is 11.3 Å². The molecule has 1 aromatic heterocycles. The van der Waals surface area contributed by atoms with Crippen LogP contribution in [0.3, 0.4) is 0 Å². The predicted octanol–water partition coefficient (Wildman–Crippen LogP) is 4.57. The number of rotatable bonds is 10. The van der Waals surface area contributed by atoms with Crippen molar-refractivity contribution in [2.75, 3.05) is 7.11 Å². The van der Waals surface area contributed by atoms with Crippen molar-refractivity contribution in [3.8, 4) is 0 Å². The Kier molecular flexibility index (Phi) is 7.97. The van der Waals surface area contributed by atoms with E-state index >= 15 is 0 Å². The number of nitrogens with one attached hydrogen (secondary N) is 1. The first-order chi connectivity index (χ1) is 16.8. The van der Waals surface area contributed by atoms with Crippen molar-refractivity contribution in [3.63, 3.8) is 0 Å². The highest BCUT2D eigenvalue weighted by Gasteiger charge is 2.68. The minimum absolute atomic E-state index is 0.0379. The molecule has 0 spiro atoms. The molecule has 2 bridgehead atoms. The second-order valence-electron chi connectivity index (χ2n) is 12.5. The number of carbonyl (C=O) groups excluding carboxylic acids is 2. The van der Waals surface area contributed by atoms with E-state index in [-0.39, 0.29) is 47.5 Å². The Labute approximate surface area is 220 Å². The van der Waals surface area contributed by atoms with Crippen molar-refractivity contribution in [2.24, 2.45) is 17.3 Å². The highest BCUT2D eigenvalue weighted by Crippen LogP contribution is 2.65. The van der Waals surface area contributed by atoms with Gasteiger partial charge in [0.25, 0.3) is 0 Å². The lowest BCUT2D eigenvalue weighted by atomic mass is 9.43. The van der Waals surface area contributed by atoms with Crippen molar-refractivity contribution in [1.82, 2.24) is 5.32 Å². The average Bonchev–Trinajstić information content (AvgIpc) is 3.40. The maximum Gasteiger partial charge on any atom is 0.481 e. The first-order valence-electron chi connectivity index (χ1n) is 13.2. The van der Waals surface area contributed by atoms with Crippen LogP contribution in [0.4, 0.5) is 0 Å². The van der Waals surface area contributed by atoms with Gasteiger partial charge in [0.1, 0.15) is 5.60 Å². The highest BCUT2D eigenvalue weighted by atomic mass is 32.1. The number of ether oxygens (including phenoxy) is 2. The molecule has 1 saturated heterocycles. The van der Waals surface area contributed by atoms with Crippen molar-refractivity contribution >= 4 is 30.3 Å². The lowest BCUT2D eigenvalue weighted by Crippen LogP contribution is -2.65. The molecule has 2 heterocycles. The number of thiophene rings is 1. The molecule has 0 aromatic carbocycles. The molecule has 3 saturated carbocycles. The highest BCUT2D eigenvalue weighted by molar-refractivity contribution is 7.10. The zero-order valence-corrected chi connectivity index (χ0v) is 23.6. The van der Waals surface area contributed by atoms with Crippen LogP contribution in [0.15, 0.2) is 17.5 Å². The van der Waals surface area contributed by atoms with Crippen LogP contribution in [0.25, 0.3) is 0 Å². The van der Waals surface area contributed by atoms with E-state index in [0.29, 0.717) is 31.1 Å². The van der Waals surface area contributed by atoms with Gasteiger partial charge < -0.3 is 24.1 Å². The minimum Gasteiger partial charge on any atom is -0.460 e. The fraction of sp³-hybridized carbons (Fsp3) is 0.778. The molecule has 36 heavy (non-hydrogen) atoms. The Balaban J connectivity index is 1.43. The SMILES string of the molecule is COC(CCC(NC(=O)Cc1cccs1)B1OC2CC3CC(C3(C)C)C2(C)O1)CC(=O)OC(C)(C)C. The summed E-state index contributed by atoms with van der Waals surface area (Å²) >= 11 is 1.57. The van der Waals surface area contributed by atoms with Gasteiger partial charge in [-0.2, -0.15) is 0 Å². The molecule has 200 valence electrons. The summed E-state index contributed by atoms with van der Waals surface area (Å²) in [6, 6.07) is 3.92. The minimum atomic E-state index is -0.542. The summed E-state index contributed by atoms with van der Waals surface area (Å²) in [5.74, 6) is 0.417. The fourth-order valence-electron chi connectivity index (χ4n) is 6.41. The zero-order chi connectivity index (χ0) is 26.3. The molecule has 3 aliphatic carbocycles. The Morgan fingerprint density at radius 2 is 2.00 bits per heavy atom. The van der Waals surface area contributed by atoms with Gasteiger partial charge in [-0.25, -0.2) is 0 Å². The third-order valence-corrected chi connectivity index (χ3v) is 9.38.